The predicted molar refractivity (Wildman–Crippen MR) is 79.8 cm³/mol. The van der Waals surface area contributed by atoms with Gasteiger partial charge >= 0.3 is 0 Å². The first-order valence-corrected chi connectivity index (χ1v) is 7.66. The fourth-order valence-electron chi connectivity index (χ4n) is 2.47. The summed E-state index contributed by atoms with van der Waals surface area (Å²) in [6.07, 6.45) is 11.7. The monoisotopic (exact) mass is 276 g/mol. The molecule has 2 N–H and O–H groups in total. The molecule has 5 nitrogen and oxygen atoms in total. The van der Waals surface area contributed by atoms with Crippen LogP contribution in [0.2, 0.25) is 0 Å². The Labute approximate surface area is 120 Å². The average Bonchev–Trinajstić information content (AvgIpc) is 2.74. The Hall–Kier alpha value is -1.65. The zero-order chi connectivity index (χ0) is 14.2. The van der Waals surface area contributed by atoms with Gasteiger partial charge in [-0.05, 0) is 19.3 Å². The lowest BCUT2D eigenvalue weighted by Gasteiger charge is -2.15. The second kappa shape index (κ2) is 7.82. The Balaban J connectivity index is 1.88. The highest BCUT2D eigenvalue weighted by Gasteiger charge is 2.13. The maximum atomic E-state index is 11.7. The maximum Gasteiger partial charge on any atom is 0.254 e. The van der Waals surface area contributed by atoms with Crippen LogP contribution in [0.5, 0.6) is 0 Å². The van der Waals surface area contributed by atoms with Crippen molar-refractivity contribution in [3.8, 4) is 0 Å². The lowest BCUT2D eigenvalue weighted by molar-refractivity contribution is 0.0953. The summed E-state index contributed by atoms with van der Waals surface area (Å²) in [5, 5.41) is 6.19. The van der Waals surface area contributed by atoms with Crippen molar-refractivity contribution in [3.63, 3.8) is 0 Å². The molecule has 0 bridgehead atoms. The number of hydrogen-bond acceptors (Lipinski definition) is 4. The molecule has 1 amide bonds. The standard InChI is InChI=1S/C15H24N4O/c1-2-9-16-14(20)12-10-17-15(18-11-12)19-13-7-5-3-4-6-8-13/h10-11,13H,2-9H2,1H3,(H,16,20)(H,17,18,19). The number of hydrogen-bond donors (Lipinski definition) is 2. The number of aromatic nitrogens is 2. The van der Waals surface area contributed by atoms with E-state index in [-0.39, 0.29) is 5.91 Å². The van der Waals surface area contributed by atoms with Crippen LogP contribution in [0.15, 0.2) is 12.4 Å². The fraction of sp³-hybridized carbons (Fsp3) is 0.667. The van der Waals surface area contributed by atoms with Crippen molar-refractivity contribution in [1.82, 2.24) is 15.3 Å². The second-order valence-corrected chi connectivity index (χ2v) is 5.38. The van der Waals surface area contributed by atoms with E-state index in [1.54, 1.807) is 12.4 Å². The largest absolute Gasteiger partial charge is 0.352 e. The molecule has 1 aromatic heterocycles. The van der Waals surface area contributed by atoms with E-state index in [4.69, 9.17) is 0 Å². The maximum absolute atomic E-state index is 11.7. The Morgan fingerprint density at radius 1 is 1.20 bits per heavy atom. The summed E-state index contributed by atoms with van der Waals surface area (Å²) in [6.45, 7) is 2.71. The summed E-state index contributed by atoms with van der Waals surface area (Å²) < 4.78 is 0. The molecular weight excluding hydrogens is 252 g/mol. The third kappa shape index (κ3) is 4.47. The molecule has 0 saturated heterocycles. The molecule has 1 aliphatic carbocycles. The van der Waals surface area contributed by atoms with Gasteiger partial charge in [-0.3, -0.25) is 4.79 Å². The van der Waals surface area contributed by atoms with Gasteiger partial charge in [0, 0.05) is 25.0 Å². The lowest BCUT2D eigenvalue weighted by Crippen LogP contribution is -2.25. The predicted octanol–water partition coefficient (Wildman–Crippen LogP) is 2.75. The highest BCUT2D eigenvalue weighted by atomic mass is 16.1. The van der Waals surface area contributed by atoms with Crippen LogP contribution in [0.3, 0.4) is 0 Å². The van der Waals surface area contributed by atoms with Gasteiger partial charge in [-0.15, -0.1) is 0 Å². The molecule has 2 rings (SSSR count). The molecule has 1 fully saturated rings. The third-order valence-corrected chi connectivity index (χ3v) is 3.64. The van der Waals surface area contributed by atoms with Crippen LogP contribution in [0, 0.1) is 0 Å². The van der Waals surface area contributed by atoms with Crippen LogP contribution < -0.4 is 10.6 Å². The first-order chi connectivity index (χ1) is 9.79. The SMILES string of the molecule is CCCNC(=O)c1cnc(NC2CCCCCC2)nc1. The first kappa shape index (κ1) is 14.8. The smallest absolute Gasteiger partial charge is 0.254 e. The minimum atomic E-state index is -0.104. The van der Waals surface area contributed by atoms with Crippen molar-refractivity contribution in [2.45, 2.75) is 57.9 Å². The van der Waals surface area contributed by atoms with E-state index in [1.165, 1.54) is 38.5 Å². The van der Waals surface area contributed by atoms with Gasteiger partial charge in [0.1, 0.15) is 0 Å². The minimum Gasteiger partial charge on any atom is -0.352 e. The van der Waals surface area contributed by atoms with Crippen LogP contribution in [-0.2, 0) is 0 Å². The van der Waals surface area contributed by atoms with E-state index in [0.717, 1.165) is 6.42 Å². The lowest BCUT2D eigenvalue weighted by atomic mass is 10.1. The molecule has 0 spiro atoms. The summed E-state index contributed by atoms with van der Waals surface area (Å²) in [5.74, 6) is 0.525. The van der Waals surface area contributed by atoms with E-state index in [2.05, 4.69) is 20.6 Å². The highest BCUT2D eigenvalue weighted by Crippen LogP contribution is 2.19. The van der Waals surface area contributed by atoms with Crippen molar-refractivity contribution in [1.29, 1.82) is 0 Å². The number of carbonyl (C=O) groups excluding carboxylic acids is 1. The van der Waals surface area contributed by atoms with Gasteiger partial charge in [0.05, 0.1) is 5.56 Å². The van der Waals surface area contributed by atoms with Crippen molar-refractivity contribution >= 4 is 11.9 Å². The number of carbonyl (C=O) groups is 1. The zero-order valence-electron chi connectivity index (χ0n) is 12.2. The number of nitrogens with one attached hydrogen (secondary N) is 2. The summed E-state index contributed by atoms with van der Waals surface area (Å²) in [5.41, 5.74) is 0.518. The average molecular weight is 276 g/mol. The summed E-state index contributed by atoms with van der Waals surface area (Å²) >= 11 is 0. The molecule has 0 unspecified atom stereocenters. The van der Waals surface area contributed by atoms with Crippen molar-refractivity contribution in [3.05, 3.63) is 18.0 Å². The molecule has 1 heterocycles. The van der Waals surface area contributed by atoms with E-state index in [0.29, 0.717) is 24.1 Å². The molecule has 110 valence electrons. The summed E-state index contributed by atoms with van der Waals surface area (Å²) in [7, 11) is 0. The molecule has 1 aromatic rings. The first-order valence-electron chi connectivity index (χ1n) is 7.66. The second-order valence-electron chi connectivity index (χ2n) is 5.38. The van der Waals surface area contributed by atoms with Crippen LogP contribution in [0.1, 0.15) is 62.2 Å². The van der Waals surface area contributed by atoms with Crippen molar-refractivity contribution < 1.29 is 4.79 Å². The molecule has 0 atom stereocenters. The normalized spacial score (nSPS) is 16.4. The molecule has 0 radical (unpaired) electrons. The van der Waals surface area contributed by atoms with Gasteiger partial charge < -0.3 is 10.6 Å². The van der Waals surface area contributed by atoms with E-state index < -0.39 is 0 Å². The summed E-state index contributed by atoms with van der Waals surface area (Å²) in [4.78, 5) is 20.2. The van der Waals surface area contributed by atoms with Gasteiger partial charge in [-0.25, -0.2) is 9.97 Å². The highest BCUT2D eigenvalue weighted by molar-refractivity contribution is 5.93. The molecule has 5 heteroatoms. The number of rotatable bonds is 5. The third-order valence-electron chi connectivity index (χ3n) is 3.64. The minimum absolute atomic E-state index is 0.104. The van der Waals surface area contributed by atoms with Crippen molar-refractivity contribution in [2.75, 3.05) is 11.9 Å². The molecule has 20 heavy (non-hydrogen) atoms. The Morgan fingerprint density at radius 2 is 1.85 bits per heavy atom. The number of anilines is 1. The van der Waals surface area contributed by atoms with Gasteiger partial charge in [0.25, 0.3) is 5.91 Å². The van der Waals surface area contributed by atoms with Crippen LogP contribution in [-0.4, -0.2) is 28.5 Å². The van der Waals surface area contributed by atoms with E-state index >= 15 is 0 Å². The molecule has 0 aromatic carbocycles. The van der Waals surface area contributed by atoms with E-state index in [9.17, 15) is 4.79 Å². The van der Waals surface area contributed by atoms with Gasteiger partial charge in [0.2, 0.25) is 5.95 Å². The molecule has 1 saturated carbocycles. The summed E-state index contributed by atoms with van der Waals surface area (Å²) in [6, 6.07) is 0.470. The van der Waals surface area contributed by atoms with E-state index in [1.807, 2.05) is 6.92 Å². The van der Waals surface area contributed by atoms with Crippen LogP contribution in [0.4, 0.5) is 5.95 Å². The van der Waals surface area contributed by atoms with Crippen LogP contribution in [0.25, 0.3) is 0 Å². The number of amides is 1. The van der Waals surface area contributed by atoms with Gasteiger partial charge in [-0.1, -0.05) is 32.6 Å². The molecular formula is C15H24N4O. The van der Waals surface area contributed by atoms with Gasteiger partial charge in [-0.2, -0.15) is 0 Å². The van der Waals surface area contributed by atoms with Crippen LogP contribution >= 0.6 is 0 Å². The Kier molecular flexibility index (Phi) is 5.77. The Bertz CT molecular complexity index is 410. The topological polar surface area (TPSA) is 66.9 Å². The molecule has 1 aliphatic rings. The van der Waals surface area contributed by atoms with Crippen molar-refractivity contribution in [2.24, 2.45) is 0 Å². The van der Waals surface area contributed by atoms with Gasteiger partial charge in [0.15, 0.2) is 0 Å². The number of nitrogens with zero attached hydrogens (tertiary/aromatic N) is 2. The quantitative estimate of drug-likeness (QED) is 0.811. The fourth-order valence-corrected chi connectivity index (χ4v) is 2.47. The molecule has 0 aliphatic heterocycles. The zero-order valence-corrected chi connectivity index (χ0v) is 12.2. The Morgan fingerprint density at radius 3 is 2.45 bits per heavy atom.